The Hall–Kier alpha value is -1.22. The van der Waals surface area contributed by atoms with Crippen LogP contribution < -0.4 is 5.32 Å². The van der Waals surface area contributed by atoms with Gasteiger partial charge in [-0.25, -0.2) is 0 Å². The van der Waals surface area contributed by atoms with Crippen LogP contribution in [0, 0.1) is 0 Å². The van der Waals surface area contributed by atoms with Crippen molar-refractivity contribution in [3.8, 4) is 0 Å². The predicted molar refractivity (Wildman–Crippen MR) is 56.1 cm³/mol. The van der Waals surface area contributed by atoms with Crippen molar-refractivity contribution in [2.24, 2.45) is 0 Å². The van der Waals surface area contributed by atoms with Crippen molar-refractivity contribution >= 4 is 5.78 Å². The molecule has 1 N–H and O–H groups in total. The molecule has 0 bridgehead atoms. The monoisotopic (exact) mass is 192 g/mol. The van der Waals surface area contributed by atoms with Crippen LogP contribution in [-0.2, 0) is 11.2 Å². The third-order valence-electron chi connectivity index (χ3n) is 2.27. The van der Waals surface area contributed by atoms with E-state index >= 15 is 0 Å². The van der Waals surface area contributed by atoms with E-state index in [1.54, 1.807) is 12.4 Å². The van der Waals surface area contributed by atoms with Crippen LogP contribution in [0.4, 0.5) is 0 Å². The van der Waals surface area contributed by atoms with Crippen molar-refractivity contribution in [1.82, 2.24) is 10.3 Å². The van der Waals surface area contributed by atoms with Crippen molar-refractivity contribution < 1.29 is 4.79 Å². The predicted octanol–water partition coefficient (Wildman–Crippen LogP) is 1.19. The molecule has 1 unspecified atom stereocenters. The lowest BCUT2D eigenvalue weighted by Gasteiger charge is -2.13. The minimum atomic E-state index is -0.0672. The van der Waals surface area contributed by atoms with Gasteiger partial charge in [0, 0.05) is 18.8 Å². The number of nitrogens with one attached hydrogen (secondary N) is 1. The Kier molecular flexibility index (Phi) is 4.26. The molecule has 1 heterocycles. The Morgan fingerprint density at radius 3 is 2.64 bits per heavy atom. The molecule has 0 aliphatic rings. The molecule has 0 spiro atoms. The number of pyridine rings is 1. The van der Waals surface area contributed by atoms with Gasteiger partial charge in [0.15, 0.2) is 0 Å². The molecule has 0 saturated heterocycles. The number of nitrogens with zero attached hydrogens (tertiary/aromatic N) is 1. The molecule has 0 saturated carbocycles. The molecule has 1 atom stereocenters. The fraction of sp³-hybridized carbons (Fsp3) is 0.455. The quantitative estimate of drug-likeness (QED) is 0.762. The van der Waals surface area contributed by atoms with Crippen LogP contribution in [-0.4, -0.2) is 23.9 Å². The third-order valence-corrected chi connectivity index (χ3v) is 2.27. The summed E-state index contributed by atoms with van der Waals surface area (Å²) >= 11 is 0. The van der Waals surface area contributed by atoms with Gasteiger partial charge in [-0.1, -0.05) is 6.92 Å². The van der Waals surface area contributed by atoms with Gasteiger partial charge < -0.3 is 5.32 Å². The van der Waals surface area contributed by atoms with Crippen LogP contribution in [0.2, 0.25) is 0 Å². The van der Waals surface area contributed by atoms with Gasteiger partial charge in [-0.15, -0.1) is 0 Å². The van der Waals surface area contributed by atoms with Gasteiger partial charge in [-0.3, -0.25) is 9.78 Å². The van der Waals surface area contributed by atoms with Crippen molar-refractivity contribution in [3.05, 3.63) is 30.1 Å². The summed E-state index contributed by atoms with van der Waals surface area (Å²) in [4.78, 5) is 15.4. The molecule has 0 radical (unpaired) electrons. The number of rotatable bonds is 5. The van der Waals surface area contributed by atoms with E-state index in [4.69, 9.17) is 0 Å². The van der Waals surface area contributed by atoms with E-state index in [-0.39, 0.29) is 11.8 Å². The van der Waals surface area contributed by atoms with Crippen molar-refractivity contribution in [2.45, 2.75) is 25.8 Å². The van der Waals surface area contributed by atoms with E-state index in [1.165, 1.54) is 0 Å². The van der Waals surface area contributed by atoms with Crippen LogP contribution in [0.1, 0.15) is 18.9 Å². The maximum Gasteiger partial charge on any atom is 0.149 e. The first-order valence-electron chi connectivity index (χ1n) is 4.86. The van der Waals surface area contributed by atoms with E-state index in [9.17, 15) is 4.79 Å². The number of Topliss-reactive ketones (excluding diaryl/α,β-unsaturated/α-hetero) is 1. The van der Waals surface area contributed by atoms with Gasteiger partial charge in [0.2, 0.25) is 0 Å². The number of likely N-dealkylation sites (N-methyl/N-ethyl adjacent to an activating group) is 1. The average molecular weight is 192 g/mol. The zero-order valence-electron chi connectivity index (χ0n) is 8.66. The standard InChI is InChI=1S/C11H16N2O/c1-3-11(14)10(12-2)8-9-4-6-13-7-5-9/h4-7,10,12H,3,8H2,1-2H3. The molecule has 3 nitrogen and oxygen atoms in total. The average Bonchev–Trinajstić information content (AvgIpc) is 2.26. The van der Waals surface area contributed by atoms with E-state index in [0.29, 0.717) is 6.42 Å². The largest absolute Gasteiger partial charge is 0.310 e. The highest BCUT2D eigenvalue weighted by molar-refractivity contribution is 5.83. The summed E-state index contributed by atoms with van der Waals surface area (Å²) in [5, 5.41) is 3.03. The molecule has 0 aromatic carbocycles. The Morgan fingerprint density at radius 2 is 2.14 bits per heavy atom. The number of ketones is 1. The van der Waals surface area contributed by atoms with Crippen LogP contribution in [0.5, 0.6) is 0 Å². The molecule has 1 aromatic rings. The Balaban J connectivity index is 2.62. The Morgan fingerprint density at radius 1 is 1.50 bits per heavy atom. The highest BCUT2D eigenvalue weighted by Crippen LogP contribution is 2.03. The number of aromatic nitrogens is 1. The molecule has 14 heavy (non-hydrogen) atoms. The molecule has 1 rings (SSSR count). The van der Waals surface area contributed by atoms with Gasteiger partial charge in [0.05, 0.1) is 6.04 Å². The lowest BCUT2D eigenvalue weighted by atomic mass is 10.0. The van der Waals surface area contributed by atoms with Gasteiger partial charge >= 0.3 is 0 Å². The molecule has 0 aliphatic carbocycles. The summed E-state index contributed by atoms with van der Waals surface area (Å²) in [5.41, 5.74) is 1.14. The minimum Gasteiger partial charge on any atom is -0.310 e. The highest BCUT2D eigenvalue weighted by atomic mass is 16.1. The topological polar surface area (TPSA) is 42.0 Å². The second kappa shape index (κ2) is 5.50. The van der Waals surface area contributed by atoms with Crippen molar-refractivity contribution in [3.63, 3.8) is 0 Å². The third kappa shape index (κ3) is 2.92. The van der Waals surface area contributed by atoms with Crippen LogP contribution in [0.25, 0.3) is 0 Å². The summed E-state index contributed by atoms with van der Waals surface area (Å²) in [6.45, 7) is 1.89. The normalized spacial score (nSPS) is 12.4. The highest BCUT2D eigenvalue weighted by Gasteiger charge is 2.14. The summed E-state index contributed by atoms with van der Waals surface area (Å²) in [5.74, 6) is 0.254. The van der Waals surface area contributed by atoms with Gasteiger partial charge in [-0.2, -0.15) is 0 Å². The molecular formula is C11H16N2O. The van der Waals surface area contributed by atoms with Crippen LogP contribution in [0.15, 0.2) is 24.5 Å². The summed E-state index contributed by atoms with van der Waals surface area (Å²) in [6.07, 6.45) is 4.82. The molecular weight excluding hydrogens is 176 g/mol. The van der Waals surface area contributed by atoms with Crippen LogP contribution >= 0.6 is 0 Å². The van der Waals surface area contributed by atoms with E-state index in [1.807, 2.05) is 26.1 Å². The Labute approximate surface area is 84.6 Å². The molecule has 76 valence electrons. The van der Waals surface area contributed by atoms with Crippen molar-refractivity contribution in [1.29, 1.82) is 0 Å². The first kappa shape index (κ1) is 10.9. The molecule has 0 aliphatic heterocycles. The maximum absolute atomic E-state index is 11.5. The van der Waals surface area contributed by atoms with Gasteiger partial charge in [0.1, 0.15) is 5.78 Å². The second-order valence-electron chi connectivity index (χ2n) is 3.22. The number of carbonyl (C=O) groups excluding carboxylic acids is 1. The van der Waals surface area contributed by atoms with Crippen LogP contribution in [0.3, 0.4) is 0 Å². The Bertz CT molecular complexity index is 285. The summed E-state index contributed by atoms with van der Waals surface area (Å²) in [7, 11) is 1.82. The first-order valence-corrected chi connectivity index (χ1v) is 4.86. The zero-order valence-corrected chi connectivity index (χ0v) is 8.66. The molecule has 3 heteroatoms. The SMILES string of the molecule is CCC(=O)C(Cc1ccncc1)NC. The number of hydrogen-bond donors (Lipinski definition) is 1. The smallest absolute Gasteiger partial charge is 0.149 e. The fourth-order valence-electron chi connectivity index (χ4n) is 1.38. The first-order chi connectivity index (χ1) is 6.77. The fourth-order valence-corrected chi connectivity index (χ4v) is 1.38. The van der Waals surface area contributed by atoms with Gasteiger partial charge in [0.25, 0.3) is 0 Å². The van der Waals surface area contributed by atoms with E-state index in [2.05, 4.69) is 10.3 Å². The maximum atomic E-state index is 11.5. The summed E-state index contributed by atoms with van der Waals surface area (Å²) in [6, 6.07) is 3.81. The number of carbonyl (C=O) groups is 1. The van der Waals surface area contributed by atoms with E-state index in [0.717, 1.165) is 12.0 Å². The number of hydrogen-bond acceptors (Lipinski definition) is 3. The van der Waals surface area contributed by atoms with E-state index < -0.39 is 0 Å². The van der Waals surface area contributed by atoms with Gasteiger partial charge in [-0.05, 0) is 31.2 Å². The summed E-state index contributed by atoms with van der Waals surface area (Å²) < 4.78 is 0. The second-order valence-corrected chi connectivity index (χ2v) is 3.22. The zero-order chi connectivity index (χ0) is 10.4. The minimum absolute atomic E-state index is 0.0672. The molecule has 0 amide bonds. The lowest BCUT2D eigenvalue weighted by molar-refractivity contribution is -0.120. The lowest BCUT2D eigenvalue weighted by Crippen LogP contribution is -2.35. The van der Waals surface area contributed by atoms with Crippen molar-refractivity contribution in [2.75, 3.05) is 7.05 Å². The molecule has 1 aromatic heterocycles. The molecule has 0 fully saturated rings.